The van der Waals surface area contributed by atoms with Crippen LogP contribution in [0.5, 0.6) is 0 Å². The van der Waals surface area contributed by atoms with Gasteiger partial charge in [0.25, 0.3) is 0 Å². The van der Waals surface area contributed by atoms with E-state index in [1.54, 1.807) is 0 Å². The molecule has 0 atom stereocenters. The van der Waals surface area contributed by atoms with E-state index >= 15 is 0 Å². The van der Waals surface area contributed by atoms with Crippen LogP contribution < -0.4 is 16.0 Å². The average Bonchev–Trinajstić information content (AvgIpc) is 2.43. The van der Waals surface area contributed by atoms with Gasteiger partial charge in [0.1, 0.15) is 11.6 Å². The standard InChI is InChI=1S/C16H27N5O.2ClH/c1-4-5-6-18-16(22)10-21(3)15-9-14(19-11(2)20-15)12-7-13(17)8-12;;/h9,12-13H,4-8,10,17H2,1-3H3,(H,18,22);2*1H. The van der Waals surface area contributed by atoms with Gasteiger partial charge in [-0.05, 0) is 26.2 Å². The largest absolute Gasteiger partial charge is 0.355 e. The van der Waals surface area contributed by atoms with Crippen molar-refractivity contribution in [3.05, 3.63) is 17.6 Å². The maximum absolute atomic E-state index is 11.9. The van der Waals surface area contributed by atoms with Crippen LogP contribution in [-0.4, -0.2) is 42.1 Å². The molecule has 0 spiro atoms. The molecule has 1 aliphatic carbocycles. The van der Waals surface area contributed by atoms with Crippen molar-refractivity contribution >= 4 is 36.5 Å². The van der Waals surface area contributed by atoms with E-state index in [2.05, 4.69) is 22.2 Å². The van der Waals surface area contributed by atoms with Gasteiger partial charge in [-0.1, -0.05) is 13.3 Å². The van der Waals surface area contributed by atoms with Gasteiger partial charge < -0.3 is 16.0 Å². The summed E-state index contributed by atoms with van der Waals surface area (Å²) >= 11 is 0. The number of likely N-dealkylation sites (N-methyl/N-ethyl adjacent to an activating group) is 1. The van der Waals surface area contributed by atoms with Gasteiger partial charge in [0, 0.05) is 37.3 Å². The van der Waals surface area contributed by atoms with E-state index in [1.807, 2.05) is 24.9 Å². The zero-order valence-electron chi connectivity index (χ0n) is 14.6. The third-order valence-electron chi connectivity index (χ3n) is 4.06. The maximum Gasteiger partial charge on any atom is 0.239 e. The van der Waals surface area contributed by atoms with Crippen LogP contribution in [0.4, 0.5) is 5.82 Å². The highest BCUT2D eigenvalue weighted by Crippen LogP contribution is 2.35. The van der Waals surface area contributed by atoms with Crippen LogP contribution >= 0.6 is 24.8 Å². The van der Waals surface area contributed by atoms with Crippen molar-refractivity contribution in [1.82, 2.24) is 15.3 Å². The first-order valence-electron chi connectivity index (χ1n) is 8.08. The van der Waals surface area contributed by atoms with Crippen LogP contribution in [0.25, 0.3) is 0 Å². The molecule has 1 aromatic heterocycles. The molecule has 2 rings (SSSR count). The molecule has 1 amide bonds. The third kappa shape index (κ3) is 6.42. The van der Waals surface area contributed by atoms with Crippen molar-refractivity contribution in [3.8, 4) is 0 Å². The van der Waals surface area contributed by atoms with Gasteiger partial charge >= 0.3 is 0 Å². The predicted octanol–water partition coefficient (Wildman–Crippen LogP) is 2.19. The fraction of sp³-hybridized carbons (Fsp3) is 0.688. The van der Waals surface area contributed by atoms with E-state index < -0.39 is 0 Å². The second-order valence-corrected chi connectivity index (χ2v) is 6.19. The molecule has 1 aliphatic rings. The number of nitrogens with two attached hydrogens (primary N) is 1. The Balaban J connectivity index is 0.00000264. The number of anilines is 1. The number of amides is 1. The summed E-state index contributed by atoms with van der Waals surface area (Å²) in [6.45, 7) is 5.04. The molecule has 0 aromatic carbocycles. The van der Waals surface area contributed by atoms with Gasteiger partial charge in [-0.3, -0.25) is 4.79 Å². The van der Waals surface area contributed by atoms with E-state index in [0.717, 1.165) is 49.6 Å². The topological polar surface area (TPSA) is 84.1 Å². The molecular formula is C16H29Cl2N5O. The Bertz CT molecular complexity index is 523. The second kappa shape index (κ2) is 10.7. The van der Waals surface area contributed by atoms with Gasteiger partial charge in [0.15, 0.2) is 0 Å². The number of rotatable bonds is 7. The first kappa shape index (κ1) is 22.9. The number of nitrogens with one attached hydrogen (secondary N) is 1. The lowest BCUT2D eigenvalue weighted by atomic mass is 9.78. The third-order valence-corrected chi connectivity index (χ3v) is 4.06. The molecule has 0 radical (unpaired) electrons. The second-order valence-electron chi connectivity index (χ2n) is 6.19. The highest BCUT2D eigenvalue weighted by Gasteiger charge is 2.29. The number of unbranched alkanes of at least 4 members (excludes halogenated alkanes) is 1. The summed E-state index contributed by atoms with van der Waals surface area (Å²) in [5, 5.41) is 2.92. The van der Waals surface area contributed by atoms with Crippen LogP contribution in [0.1, 0.15) is 50.0 Å². The molecular weight excluding hydrogens is 349 g/mol. The molecule has 1 heterocycles. The van der Waals surface area contributed by atoms with Gasteiger partial charge in [-0.15, -0.1) is 24.8 Å². The molecule has 24 heavy (non-hydrogen) atoms. The Hall–Kier alpha value is -1.11. The molecule has 138 valence electrons. The maximum atomic E-state index is 11.9. The molecule has 1 saturated carbocycles. The highest BCUT2D eigenvalue weighted by atomic mass is 35.5. The SMILES string of the molecule is CCCCNC(=O)CN(C)c1cc(C2CC(N)C2)nc(C)n1.Cl.Cl. The number of halogens is 2. The number of hydrogen-bond acceptors (Lipinski definition) is 5. The number of aryl methyl sites for hydroxylation is 1. The van der Waals surface area contributed by atoms with Crippen molar-refractivity contribution in [2.75, 3.05) is 25.0 Å². The van der Waals surface area contributed by atoms with Gasteiger partial charge in [0.2, 0.25) is 5.91 Å². The Labute approximate surface area is 156 Å². The normalized spacial score (nSPS) is 18.7. The van der Waals surface area contributed by atoms with Gasteiger partial charge in [-0.25, -0.2) is 9.97 Å². The Morgan fingerprint density at radius 3 is 2.62 bits per heavy atom. The van der Waals surface area contributed by atoms with Crippen molar-refractivity contribution in [2.45, 2.75) is 51.5 Å². The number of nitrogens with zero attached hydrogens (tertiary/aromatic N) is 3. The smallest absolute Gasteiger partial charge is 0.239 e. The molecule has 6 nitrogen and oxygen atoms in total. The Kier molecular flexibility index (Phi) is 10.2. The molecule has 3 N–H and O–H groups in total. The van der Waals surface area contributed by atoms with E-state index in [0.29, 0.717) is 18.5 Å². The average molecular weight is 378 g/mol. The highest BCUT2D eigenvalue weighted by molar-refractivity contribution is 5.85. The van der Waals surface area contributed by atoms with Crippen molar-refractivity contribution in [1.29, 1.82) is 0 Å². The summed E-state index contributed by atoms with van der Waals surface area (Å²) < 4.78 is 0. The number of hydrogen-bond donors (Lipinski definition) is 2. The van der Waals surface area contributed by atoms with Gasteiger partial charge in [0.05, 0.1) is 6.54 Å². The predicted molar refractivity (Wildman–Crippen MR) is 102 cm³/mol. The molecule has 8 heteroatoms. The summed E-state index contributed by atoms with van der Waals surface area (Å²) in [5.41, 5.74) is 6.90. The van der Waals surface area contributed by atoms with E-state index in [1.165, 1.54) is 0 Å². The number of carbonyl (C=O) groups excluding carboxylic acids is 1. The minimum Gasteiger partial charge on any atom is -0.355 e. The zero-order valence-corrected chi connectivity index (χ0v) is 16.3. The number of carbonyl (C=O) groups is 1. The minimum absolute atomic E-state index is 0. The number of aromatic nitrogens is 2. The summed E-state index contributed by atoms with van der Waals surface area (Å²) in [7, 11) is 1.89. The molecule has 0 aliphatic heterocycles. The van der Waals surface area contributed by atoms with Crippen LogP contribution in [0, 0.1) is 6.92 Å². The molecule has 1 fully saturated rings. The summed E-state index contributed by atoms with van der Waals surface area (Å²) in [4.78, 5) is 22.7. The van der Waals surface area contributed by atoms with Crippen molar-refractivity contribution in [2.24, 2.45) is 5.73 Å². The summed E-state index contributed by atoms with van der Waals surface area (Å²) in [6.07, 6.45) is 4.05. The quantitative estimate of drug-likeness (QED) is 0.711. The van der Waals surface area contributed by atoms with Crippen LogP contribution in [0.3, 0.4) is 0 Å². The monoisotopic (exact) mass is 377 g/mol. The molecule has 0 saturated heterocycles. The zero-order chi connectivity index (χ0) is 16.1. The Morgan fingerprint density at radius 1 is 1.38 bits per heavy atom. The van der Waals surface area contributed by atoms with Crippen molar-refractivity contribution < 1.29 is 4.79 Å². The Morgan fingerprint density at radius 2 is 2.04 bits per heavy atom. The minimum atomic E-state index is 0. The van der Waals surface area contributed by atoms with Crippen molar-refractivity contribution in [3.63, 3.8) is 0 Å². The molecule has 1 aromatic rings. The molecule has 0 unspecified atom stereocenters. The van der Waals surface area contributed by atoms with E-state index in [4.69, 9.17) is 5.73 Å². The molecule has 0 bridgehead atoms. The summed E-state index contributed by atoms with van der Waals surface area (Å²) in [5.74, 6) is 2.00. The van der Waals surface area contributed by atoms with Crippen LogP contribution in [0.2, 0.25) is 0 Å². The lowest BCUT2D eigenvalue weighted by molar-refractivity contribution is -0.119. The first-order valence-corrected chi connectivity index (χ1v) is 8.08. The van der Waals surface area contributed by atoms with E-state index in [9.17, 15) is 4.79 Å². The lowest BCUT2D eigenvalue weighted by Crippen LogP contribution is -2.37. The first-order chi connectivity index (χ1) is 10.5. The van der Waals surface area contributed by atoms with E-state index in [-0.39, 0.29) is 30.7 Å². The van der Waals surface area contributed by atoms with Crippen LogP contribution in [0.15, 0.2) is 6.07 Å². The fourth-order valence-electron chi connectivity index (χ4n) is 2.64. The van der Waals surface area contributed by atoms with Crippen LogP contribution in [-0.2, 0) is 4.79 Å². The van der Waals surface area contributed by atoms with Gasteiger partial charge in [-0.2, -0.15) is 0 Å². The summed E-state index contributed by atoms with van der Waals surface area (Å²) in [6, 6.07) is 2.29. The lowest BCUT2D eigenvalue weighted by Gasteiger charge is -2.32. The fourth-order valence-corrected chi connectivity index (χ4v) is 2.64.